The van der Waals surface area contributed by atoms with Crippen LogP contribution < -0.4 is 10.1 Å². The number of anilines is 1. The van der Waals surface area contributed by atoms with E-state index < -0.39 is 0 Å². The highest BCUT2D eigenvalue weighted by atomic mass is 79.9. The fraction of sp³-hybridized carbons (Fsp3) is 0.286. The topological polar surface area (TPSA) is 56.3 Å². The van der Waals surface area contributed by atoms with Gasteiger partial charge in [0.2, 0.25) is 0 Å². The first-order chi connectivity index (χ1) is 10.1. The summed E-state index contributed by atoms with van der Waals surface area (Å²) in [6.45, 7) is 0.384. The molecule has 1 aromatic heterocycles. The van der Waals surface area contributed by atoms with Crippen molar-refractivity contribution < 1.29 is 9.47 Å². The molecule has 0 aliphatic heterocycles. The predicted octanol–water partition coefficient (Wildman–Crippen LogP) is 3.76. The first-order valence-corrected chi connectivity index (χ1v) is 7.34. The van der Waals surface area contributed by atoms with E-state index in [0.29, 0.717) is 29.0 Å². The zero-order valence-corrected chi connectivity index (χ0v) is 14.2. The molecule has 0 fully saturated rings. The lowest BCUT2D eigenvalue weighted by molar-refractivity contribution is 0.181. The van der Waals surface area contributed by atoms with Crippen LogP contribution in [0.2, 0.25) is 5.02 Å². The number of halogens is 2. The lowest BCUT2D eigenvalue weighted by Crippen LogP contribution is -2.04. The molecule has 0 aliphatic carbocycles. The lowest BCUT2D eigenvalue weighted by Gasteiger charge is -2.11. The lowest BCUT2D eigenvalue weighted by atomic mass is 10.2. The summed E-state index contributed by atoms with van der Waals surface area (Å²) in [6, 6.07) is 5.43. The molecule has 1 N–H and O–H groups in total. The molecule has 0 bridgehead atoms. The molecule has 5 nitrogen and oxygen atoms in total. The third-order valence-corrected chi connectivity index (χ3v) is 3.98. The van der Waals surface area contributed by atoms with Gasteiger partial charge in [-0.15, -0.1) is 0 Å². The van der Waals surface area contributed by atoms with Crippen molar-refractivity contribution in [3.63, 3.8) is 0 Å². The van der Waals surface area contributed by atoms with Crippen molar-refractivity contribution in [2.75, 3.05) is 26.6 Å². The minimum Gasteiger partial charge on any atom is -0.495 e. The maximum absolute atomic E-state index is 6.16. The van der Waals surface area contributed by atoms with Crippen LogP contribution in [0.15, 0.2) is 22.7 Å². The predicted molar refractivity (Wildman–Crippen MR) is 87.0 cm³/mol. The average Bonchev–Trinajstić information content (AvgIpc) is 2.49. The summed E-state index contributed by atoms with van der Waals surface area (Å²) in [5.41, 5.74) is 1.57. The highest BCUT2D eigenvalue weighted by Gasteiger charge is 2.13. The van der Waals surface area contributed by atoms with Gasteiger partial charge in [-0.25, -0.2) is 9.97 Å². The molecule has 0 saturated carbocycles. The first-order valence-electron chi connectivity index (χ1n) is 6.17. The van der Waals surface area contributed by atoms with Gasteiger partial charge < -0.3 is 14.8 Å². The minimum absolute atomic E-state index is 0.384. The van der Waals surface area contributed by atoms with Gasteiger partial charge >= 0.3 is 0 Å². The number of aromatic nitrogens is 2. The standard InChI is InChI=1S/C14H15BrClN3O2/c1-17-14-12(15)10(7-20-2)18-13(19-14)8-4-5-11(21-3)9(16)6-8/h4-6H,7H2,1-3H3,(H,17,18,19). The summed E-state index contributed by atoms with van der Waals surface area (Å²) >= 11 is 9.63. The Morgan fingerprint density at radius 1 is 1.29 bits per heavy atom. The van der Waals surface area contributed by atoms with E-state index in [9.17, 15) is 0 Å². The number of hydrogen-bond acceptors (Lipinski definition) is 5. The molecule has 0 unspecified atom stereocenters. The van der Waals surface area contributed by atoms with E-state index in [1.807, 2.05) is 6.07 Å². The molecule has 0 atom stereocenters. The molecule has 0 spiro atoms. The summed E-state index contributed by atoms with van der Waals surface area (Å²) in [5.74, 6) is 1.88. The van der Waals surface area contributed by atoms with Crippen LogP contribution >= 0.6 is 27.5 Å². The van der Waals surface area contributed by atoms with E-state index in [-0.39, 0.29) is 0 Å². The molecule has 0 amide bonds. The number of ether oxygens (including phenoxy) is 2. The first kappa shape index (κ1) is 16.0. The Labute approximate surface area is 136 Å². The van der Waals surface area contributed by atoms with Gasteiger partial charge in [0.15, 0.2) is 5.82 Å². The quantitative estimate of drug-likeness (QED) is 0.866. The van der Waals surface area contributed by atoms with Crippen LogP contribution in [0.3, 0.4) is 0 Å². The Bertz CT molecular complexity index is 652. The van der Waals surface area contributed by atoms with Crippen molar-refractivity contribution >= 4 is 33.3 Å². The smallest absolute Gasteiger partial charge is 0.161 e. The van der Waals surface area contributed by atoms with Crippen LogP contribution in [0.25, 0.3) is 11.4 Å². The summed E-state index contributed by atoms with van der Waals surface area (Å²) in [5, 5.41) is 3.54. The SMILES string of the molecule is CNc1nc(-c2ccc(OC)c(Cl)c2)nc(COC)c1Br. The summed E-state index contributed by atoms with van der Waals surface area (Å²) in [7, 11) is 5.00. The molecule has 0 saturated heterocycles. The molecular formula is C14H15BrClN3O2. The van der Waals surface area contributed by atoms with Gasteiger partial charge in [-0.05, 0) is 34.1 Å². The van der Waals surface area contributed by atoms with Crippen LogP contribution in [-0.4, -0.2) is 31.2 Å². The largest absolute Gasteiger partial charge is 0.495 e. The van der Waals surface area contributed by atoms with Crippen molar-refractivity contribution in [1.82, 2.24) is 9.97 Å². The number of nitrogens with one attached hydrogen (secondary N) is 1. The third-order valence-electron chi connectivity index (χ3n) is 2.85. The van der Waals surface area contributed by atoms with Crippen LogP contribution in [0.5, 0.6) is 5.75 Å². The second-order valence-corrected chi connectivity index (χ2v) is 5.39. The molecule has 2 rings (SSSR count). The van der Waals surface area contributed by atoms with Crippen LogP contribution in [-0.2, 0) is 11.3 Å². The van der Waals surface area contributed by atoms with E-state index in [2.05, 4.69) is 31.2 Å². The van der Waals surface area contributed by atoms with Gasteiger partial charge in [0.25, 0.3) is 0 Å². The van der Waals surface area contributed by atoms with Gasteiger partial charge in [-0.3, -0.25) is 0 Å². The summed E-state index contributed by atoms with van der Waals surface area (Å²) in [6.07, 6.45) is 0. The molecule has 0 radical (unpaired) electrons. The highest BCUT2D eigenvalue weighted by Crippen LogP contribution is 2.31. The number of nitrogens with zero attached hydrogens (tertiary/aromatic N) is 2. The zero-order valence-electron chi connectivity index (χ0n) is 11.9. The normalized spacial score (nSPS) is 10.5. The second-order valence-electron chi connectivity index (χ2n) is 4.19. The molecule has 1 aromatic carbocycles. The molecule has 7 heteroatoms. The Morgan fingerprint density at radius 3 is 2.62 bits per heavy atom. The number of methoxy groups -OCH3 is 2. The molecule has 0 aliphatic rings. The van der Waals surface area contributed by atoms with E-state index in [4.69, 9.17) is 21.1 Å². The maximum Gasteiger partial charge on any atom is 0.161 e. The molecule has 21 heavy (non-hydrogen) atoms. The molecule has 112 valence electrons. The van der Waals surface area contributed by atoms with E-state index in [1.54, 1.807) is 33.4 Å². The maximum atomic E-state index is 6.16. The number of hydrogen-bond donors (Lipinski definition) is 1. The van der Waals surface area contributed by atoms with Gasteiger partial charge in [0, 0.05) is 19.7 Å². The van der Waals surface area contributed by atoms with Crippen LogP contribution in [0.4, 0.5) is 5.82 Å². The van der Waals surface area contributed by atoms with Gasteiger partial charge in [-0.1, -0.05) is 11.6 Å². The molecule has 1 heterocycles. The fourth-order valence-corrected chi connectivity index (χ4v) is 2.57. The Morgan fingerprint density at radius 2 is 2.05 bits per heavy atom. The van der Waals surface area contributed by atoms with Crippen LogP contribution in [0.1, 0.15) is 5.69 Å². The zero-order chi connectivity index (χ0) is 15.4. The molecular weight excluding hydrogens is 358 g/mol. The monoisotopic (exact) mass is 371 g/mol. The van der Waals surface area contributed by atoms with E-state index >= 15 is 0 Å². The van der Waals surface area contributed by atoms with Crippen molar-refractivity contribution in [3.8, 4) is 17.1 Å². The minimum atomic E-state index is 0.384. The van der Waals surface area contributed by atoms with Gasteiger partial charge in [0.1, 0.15) is 11.6 Å². The van der Waals surface area contributed by atoms with Crippen molar-refractivity contribution in [3.05, 3.63) is 33.4 Å². The summed E-state index contributed by atoms with van der Waals surface area (Å²) < 4.78 is 11.1. The Balaban J connectivity index is 2.52. The summed E-state index contributed by atoms with van der Waals surface area (Å²) in [4.78, 5) is 8.99. The highest BCUT2D eigenvalue weighted by molar-refractivity contribution is 9.10. The van der Waals surface area contributed by atoms with Gasteiger partial charge in [0.05, 0.1) is 28.9 Å². The Hall–Kier alpha value is -1.37. The fourth-order valence-electron chi connectivity index (χ4n) is 1.83. The average molecular weight is 373 g/mol. The van der Waals surface area contributed by atoms with Crippen molar-refractivity contribution in [2.45, 2.75) is 6.61 Å². The number of benzene rings is 1. The van der Waals surface area contributed by atoms with Crippen molar-refractivity contribution in [2.24, 2.45) is 0 Å². The molecule has 2 aromatic rings. The van der Waals surface area contributed by atoms with Crippen molar-refractivity contribution in [1.29, 1.82) is 0 Å². The number of rotatable bonds is 5. The van der Waals surface area contributed by atoms with Gasteiger partial charge in [-0.2, -0.15) is 0 Å². The van der Waals surface area contributed by atoms with E-state index in [1.165, 1.54) is 0 Å². The second kappa shape index (κ2) is 7.06. The van der Waals surface area contributed by atoms with E-state index in [0.717, 1.165) is 15.7 Å². The van der Waals surface area contributed by atoms with Crippen LogP contribution in [0, 0.1) is 0 Å². The third kappa shape index (κ3) is 3.45. The Kier molecular flexibility index (Phi) is 5.39.